The van der Waals surface area contributed by atoms with E-state index in [0.717, 1.165) is 39.5 Å². The Bertz CT molecular complexity index is 855. The van der Waals surface area contributed by atoms with Gasteiger partial charge in [0.1, 0.15) is 12.3 Å². The normalized spacial score (nSPS) is 14.8. The zero-order valence-corrected chi connectivity index (χ0v) is 17.5. The number of ether oxygens (including phenoxy) is 2. The average molecular weight is 399 g/mol. The Hall–Kier alpha value is -2.93. The van der Waals surface area contributed by atoms with E-state index in [-0.39, 0.29) is 12.0 Å². The molecule has 7 heteroatoms. The van der Waals surface area contributed by atoms with Crippen molar-refractivity contribution in [2.45, 2.75) is 32.7 Å². The number of nitrogens with one attached hydrogen (secondary N) is 4. The number of benzene rings is 2. The maximum absolute atomic E-state index is 11.2. The molecule has 29 heavy (non-hydrogen) atoms. The first kappa shape index (κ1) is 20.8. The van der Waals surface area contributed by atoms with Crippen molar-refractivity contribution >= 4 is 23.0 Å². The van der Waals surface area contributed by atoms with E-state index < -0.39 is 0 Å². The standard InChI is InChI=1S/C22H30N4O3/c1-14(27)26-11-10-17-18-16(13-28-17)19(23-2)22(21(25-4)20(18)24-3)29-12-15-8-6-5-7-9-15/h5-9,17,23-25H,10-13H2,1-4H3,(H,26,27). The van der Waals surface area contributed by atoms with Crippen LogP contribution in [0.25, 0.3) is 0 Å². The second-order valence-electron chi connectivity index (χ2n) is 6.94. The first-order chi connectivity index (χ1) is 14.1. The molecule has 1 amide bonds. The van der Waals surface area contributed by atoms with Crippen LogP contribution in [0.5, 0.6) is 5.75 Å². The number of anilines is 3. The van der Waals surface area contributed by atoms with Crippen molar-refractivity contribution in [1.82, 2.24) is 5.32 Å². The fraction of sp³-hybridized carbons (Fsp3) is 0.409. The van der Waals surface area contributed by atoms with Crippen LogP contribution < -0.4 is 26.0 Å². The van der Waals surface area contributed by atoms with E-state index in [0.29, 0.717) is 26.2 Å². The van der Waals surface area contributed by atoms with E-state index in [1.54, 1.807) is 0 Å². The molecular formula is C22H30N4O3. The largest absolute Gasteiger partial charge is 0.484 e. The Kier molecular flexibility index (Phi) is 6.82. The lowest BCUT2D eigenvalue weighted by atomic mass is 9.96. The second kappa shape index (κ2) is 9.52. The van der Waals surface area contributed by atoms with Gasteiger partial charge in [0.25, 0.3) is 0 Å². The number of fused-ring (bicyclic) bond motifs is 1. The highest BCUT2D eigenvalue weighted by molar-refractivity contribution is 5.89. The summed E-state index contributed by atoms with van der Waals surface area (Å²) in [6.07, 6.45) is 0.610. The Labute approximate surface area is 172 Å². The van der Waals surface area contributed by atoms with Crippen LogP contribution in [0.4, 0.5) is 17.1 Å². The van der Waals surface area contributed by atoms with Crippen LogP contribution in [-0.2, 0) is 22.7 Å². The van der Waals surface area contributed by atoms with Gasteiger partial charge in [-0.25, -0.2) is 0 Å². The van der Waals surface area contributed by atoms with Crippen LogP contribution in [0.15, 0.2) is 30.3 Å². The Morgan fingerprint density at radius 2 is 1.76 bits per heavy atom. The molecule has 1 aliphatic rings. The van der Waals surface area contributed by atoms with Crippen LogP contribution in [0, 0.1) is 0 Å². The average Bonchev–Trinajstić information content (AvgIpc) is 3.14. The van der Waals surface area contributed by atoms with Gasteiger partial charge >= 0.3 is 0 Å². The fourth-order valence-corrected chi connectivity index (χ4v) is 3.81. The van der Waals surface area contributed by atoms with Crippen LogP contribution in [-0.4, -0.2) is 33.6 Å². The predicted molar refractivity (Wildman–Crippen MR) is 117 cm³/mol. The lowest BCUT2D eigenvalue weighted by Crippen LogP contribution is -2.22. The first-order valence-corrected chi connectivity index (χ1v) is 9.89. The quantitative estimate of drug-likeness (QED) is 0.518. The number of hydrogen-bond acceptors (Lipinski definition) is 6. The summed E-state index contributed by atoms with van der Waals surface area (Å²) in [4.78, 5) is 11.2. The van der Waals surface area contributed by atoms with E-state index in [1.165, 1.54) is 6.92 Å². The van der Waals surface area contributed by atoms with E-state index in [9.17, 15) is 4.79 Å². The van der Waals surface area contributed by atoms with Crippen molar-refractivity contribution in [3.05, 3.63) is 47.0 Å². The van der Waals surface area contributed by atoms with Crippen molar-refractivity contribution in [3.63, 3.8) is 0 Å². The molecule has 0 aromatic heterocycles. The van der Waals surface area contributed by atoms with E-state index >= 15 is 0 Å². The number of hydrogen-bond donors (Lipinski definition) is 4. The molecule has 7 nitrogen and oxygen atoms in total. The Morgan fingerprint density at radius 1 is 1.07 bits per heavy atom. The molecule has 0 fully saturated rings. The van der Waals surface area contributed by atoms with Gasteiger partial charge in [-0.05, 0) is 12.0 Å². The minimum Gasteiger partial charge on any atom is -0.484 e. The highest BCUT2D eigenvalue weighted by Gasteiger charge is 2.33. The molecule has 2 aromatic carbocycles. The number of rotatable bonds is 9. The molecule has 3 rings (SSSR count). The van der Waals surface area contributed by atoms with Crippen LogP contribution in [0.2, 0.25) is 0 Å². The summed E-state index contributed by atoms with van der Waals surface area (Å²) in [5.74, 6) is 0.738. The molecule has 0 aliphatic carbocycles. The molecule has 0 saturated heterocycles. The SMILES string of the molecule is CNc1c2c(c(NC)c(NC)c1OCc1ccccc1)C(CCNC(C)=O)OC2. The van der Waals surface area contributed by atoms with Crippen LogP contribution >= 0.6 is 0 Å². The van der Waals surface area contributed by atoms with Crippen LogP contribution in [0.3, 0.4) is 0 Å². The van der Waals surface area contributed by atoms with Crippen molar-refractivity contribution in [2.75, 3.05) is 43.6 Å². The Morgan fingerprint density at radius 3 is 2.38 bits per heavy atom. The maximum atomic E-state index is 11.2. The summed E-state index contributed by atoms with van der Waals surface area (Å²) in [5.41, 5.74) is 6.09. The van der Waals surface area contributed by atoms with Gasteiger partial charge in [-0.1, -0.05) is 30.3 Å². The lowest BCUT2D eigenvalue weighted by Gasteiger charge is -2.24. The van der Waals surface area contributed by atoms with Gasteiger partial charge in [-0.2, -0.15) is 0 Å². The minimum absolute atomic E-state index is 0.0338. The summed E-state index contributed by atoms with van der Waals surface area (Å²) in [5, 5.41) is 12.8. The van der Waals surface area contributed by atoms with Gasteiger partial charge in [0, 0.05) is 45.7 Å². The summed E-state index contributed by atoms with van der Waals surface area (Å²) < 4.78 is 12.4. The van der Waals surface area contributed by atoms with E-state index in [2.05, 4.69) is 21.3 Å². The monoisotopic (exact) mass is 398 g/mol. The van der Waals surface area contributed by atoms with Gasteiger partial charge < -0.3 is 30.7 Å². The summed E-state index contributed by atoms with van der Waals surface area (Å²) in [6, 6.07) is 10.1. The lowest BCUT2D eigenvalue weighted by molar-refractivity contribution is -0.119. The van der Waals surface area contributed by atoms with Crippen molar-refractivity contribution < 1.29 is 14.3 Å². The molecule has 0 bridgehead atoms. The molecule has 2 aromatic rings. The first-order valence-electron chi connectivity index (χ1n) is 9.89. The summed E-state index contributed by atoms with van der Waals surface area (Å²) in [6.45, 7) is 3.06. The highest BCUT2D eigenvalue weighted by Crippen LogP contribution is 2.51. The maximum Gasteiger partial charge on any atom is 0.216 e. The third kappa shape index (κ3) is 4.40. The second-order valence-corrected chi connectivity index (χ2v) is 6.94. The smallest absolute Gasteiger partial charge is 0.216 e. The molecule has 1 heterocycles. The van der Waals surface area contributed by atoms with Crippen molar-refractivity contribution in [1.29, 1.82) is 0 Å². The zero-order chi connectivity index (χ0) is 20.8. The van der Waals surface area contributed by atoms with Gasteiger partial charge in [0.05, 0.1) is 24.1 Å². The molecule has 4 N–H and O–H groups in total. The molecular weight excluding hydrogens is 368 g/mol. The third-order valence-electron chi connectivity index (χ3n) is 5.11. The summed E-state index contributed by atoms with van der Waals surface area (Å²) in [7, 11) is 5.69. The van der Waals surface area contributed by atoms with Gasteiger partial charge in [-0.15, -0.1) is 0 Å². The van der Waals surface area contributed by atoms with Crippen LogP contribution in [0.1, 0.15) is 36.1 Å². The summed E-state index contributed by atoms with van der Waals surface area (Å²) >= 11 is 0. The molecule has 1 atom stereocenters. The molecule has 156 valence electrons. The molecule has 1 aliphatic heterocycles. The topological polar surface area (TPSA) is 83.6 Å². The number of carbonyl (C=O) groups is 1. The number of amides is 1. The molecule has 0 spiro atoms. The van der Waals surface area contributed by atoms with Crippen molar-refractivity contribution in [2.24, 2.45) is 0 Å². The Balaban J connectivity index is 1.97. The molecule has 1 unspecified atom stereocenters. The third-order valence-corrected chi connectivity index (χ3v) is 5.11. The van der Waals surface area contributed by atoms with Gasteiger partial charge in [0.15, 0.2) is 5.75 Å². The number of carbonyl (C=O) groups excluding carboxylic acids is 1. The van der Waals surface area contributed by atoms with E-state index in [1.807, 2.05) is 51.5 Å². The van der Waals surface area contributed by atoms with Crippen molar-refractivity contribution in [3.8, 4) is 5.75 Å². The molecule has 0 saturated carbocycles. The molecule has 0 radical (unpaired) electrons. The van der Waals surface area contributed by atoms with E-state index in [4.69, 9.17) is 9.47 Å². The van der Waals surface area contributed by atoms with Gasteiger partial charge in [0.2, 0.25) is 5.91 Å². The highest BCUT2D eigenvalue weighted by atomic mass is 16.5. The fourth-order valence-electron chi connectivity index (χ4n) is 3.81. The predicted octanol–water partition coefficient (Wildman–Crippen LogP) is 3.49. The van der Waals surface area contributed by atoms with Gasteiger partial charge in [-0.3, -0.25) is 4.79 Å². The zero-order valence-electron chi connectivity index (χ0n) is 17.5. The minimum atomic E-state index is -0.0957.